The van der Waals surface area contributed by atoms with Gasteiger partial charge >= 0.3 is 0 Å². The summed E-state index contributed by atoms with van der Waals surface area (Å²) in [5.74, 6) is 0.574. The van der Waals surface area contributed by atoms with E-state index in [1.165, 1.54) is 7.11 Å². The van der Waals surface area contributed by atoms with E-state index in [-0.39, 0.29) is 5.75 Å². The molecule has 0 aliphatic carbocycles. The van der Waals surface area contributed by atoms with Crippen molar-refractivity contribution in [3.8, 4) is 11.5 Å². The molecule has 0 atom stereocenters. The quantitative estimate of drug-likeness (QED) is 0.847. The number of aromatic hydroxyl groups is 1. The van der Waals surface area contributed by atoms with Crippen LogP contribution in [-0.4, -0.2) is 12.2 Å². The molecule has 0 aliphatic rings. The van der Waals surface area contributed by atoms with Crippen LogP contribution in [0.3, 0.4) is 0 Å². The highest BCUT2D eigenvalue weighted by Gasteiger charge is 2.08. The molecular weight excluding hydrogens is 342 g/mol. The third-order valence-corrected chi connectivity index (χ3v) is 3.69. The molecule has 20 heavy (non-hydrogen) atoms. The fourth-order valence-electron chi connectivity index (χ4n) is 1.88. The van der Waals surface area contributed by atoms with Crippen LogP contribution in [0.5, 0.6) is 11.5 Å². The number of ether oxygens (including phenoxy) is 1. The van der Waals surface area contributed by atoms with Gasteiger partial charge in [-0.25, -0.2) is 0 Å². The van der Waals surface area contributed by atoms with Crippen molar-refractivity contribution in [3.63, 3.8) is 0 Å². The van der Waals surface area contributed by atoms with E-state index >= 15 is 0 Å². The molecule has 2 aromatic carbocycles. The first kappa shape index (κ1) is 15.2. The standard InChI is InChI=1S/C15H15BrClNO2/c1-20-14-7-11(6-13(16)15(14)19)9-18-8-10-3-2-4-12(17)5-10/h2-7,18-19H,8-9H2,1H3. The Kier molecular flexibility index (Phi) is 5.29. The van der Waals surface area contributed by atoms with Gasteiger partial charge in [0.15, 0.2) is 11.5 Å². The highest BCUT2D eigenvalue weighted by Crippen LogP contribution is 2.35. The van der Waals surface area contributed by atoms with E-state index in [9.17, 15) is 5.11 Å². The summed E-state index contributed by atoms with van der Waals surface area (Å²) in [6, 6.07) is 11.4. The highest BCUT2D eigenvalue weighted by atomic mass is 79.9. The fraction of sp³-hybridized carbons (Fsp3) is 0.200. The number of phenols is 1. The van der Waals surface area contributed by atoms with Crippen molar-refractivity contribution >= 4 is 27.5 Å². The summed E-state index contributed by atoms with van der Waals surface area (Å²) in [6.07, 6.45) is 0. The van der Waals surface area contributed by atoms with Gasteiger partial charge in [-0.2, -0.15) is 0 Å². The molecule has 0 unspecified atom stereocenters. The second-order valence-corrected chi connectivity index (χ2v) is 5.65. The topological polar surface area (TPSA) is 41.5 Å². The molecule has 0 aliphatic heterocycles. The number of hydrogen-bond acceptors (Lipinski definition) is 3. The van der Waals surface area contributed by atoms with Crippen LogP contribution in [0.1, 0.15) is 11.1 Å². The Morgan fingerprint density at radius 2 is 1.95 bits per heavy atom. The maximum atomic E-state index is 9.75. The van der Waals surface area contributed by atoms with E-state index in [0.29, 0.717) is 16.8 Å². The van der Waals surface area contributed by atoms with Gasteiger partial charge in [-0.3, -0.25) is 0 Å². The molecule has 0 saturated carbocycles. The molecule has 0 spiro atoms. The van der Waals surface area contributed by atoms with Gasteiger partial charge in [-0.15, -0.1) is 0 Å². The molecule has 2 N–H and O–H groups in total. The zero-order valence-corrected chi connectivity index (χ0v) is 13.3. The predicted octanol–water partition coefficient (Wildman–Crippen LogP) is 4.11. The van der Waals surface area contributed by atoms with Crippen molar-refractivity contribution in [2.24, 2.45) is 0 Å². The SMILES string of the molecule is COc1cc(CNCc2cccc(Cl)c2)cc(Br)c1O. The Morgan fingerprint density at radius 3 is 2.65 bits per heavy atom. The van der Waals surface area contributed by atoms with Crippen molar-refractivity contribution in [1.82, 2.24) is 5.32 Å². The van der Waals surface area contributed by atoms with E-state index in [0.717, 1.165) is 22.7 Å². The van der Waals surface area contributed by atoms with Crippen LogP contribution in [0.15, 0.2) is 40.9 Å². The highest BCUT2D eigenvalue weighted by molar-refractivity contribution is 9.10. The van der Waals surface area contributed by atoms with Crippen LogP contribution < -0.4 is 10.1 Å². The molecule has 0 saturated heterocycles. The molecule has 2 rings (SSSR count). The van der Waals surface area contributed by atoms with E-state index < -0.39 is 0 Å². The molecule has 5 heteroatoms. The number of phenolic OH excluding ortho intramolecular Hbond substituents is 1. The van der Waals surface area contributed by atoms with Crippen molar-refractivity contribution in [2.45, 2.75) is 13.1 Å². The summed E-state index contributed by atoms with van der Waals surface area (Å²) in [7, 11) is 1.53. The van der Waals surface area contributed by atoms with Crippen molar-refractivity contribution in [1.29, 1.82) is 0 Å². The zero-order chi connectivity index (χ0) is 14.5. The lowest BCUT2D eigenvalue weighted by molar-refractivity contribution is 0.371. The number of halogens is 2. The fourth-order valence-corrected chi connectivity index (χ4v) is 2.59. The molecular formula is C15H15BrClNO2. The summed E-state index contributed by atoms with van der Waals surface area (Å²) in [4.78, 5) is 0. The molecule has 0 amide bonds. The van der Waals surface area contributed by atoms with E-state index in [1.807, 2.05) is 36.4 Å². The van der Waals surface area contributed by atoms with E-state index in [2.05, 4.69) is 21.2 Å². The lowest BCUT2D eigenvalue weighted by Gasteiger charge is -2.10. The number of hydrogen-bond donors (Lipinski definition) is 2. The average Bonchev–Trinajstić information content (AvgIpc) is 2.42. The molecule has 0 heterocycles. The lowest BCUT2D eigenvalue weighted by Crippen LogP contribution is -2.12. The smallest absolute Gasteiger partial charge is 0.172 e. The molecule has 106 valence electrons. The minimum Gasteiger partial charge on any atom is -0.503 e. The minimum atomic E-state index is 0.117. The first-order chi connectivity index (χ1) is 9.60. The van der Waals surface area contributed by atoms with Gasteiger partial charge < -0.3 is 15.2 Å². The average molecular weight is 357 g/mol. The van der Waals surface area contributed by atoms with Gasteiger partial charge in [0, 0.05) is 18.1 Å². The summed E-state index contributed by atoms with van der Waals surface area (Å²) in [6.45, 7) is 1.39. The van der Waals surface area contributed by atoms with Crippen molar-refractivity contribution in [2.75, 3.05) is 7.11 Å². The van der Waals surface area contributed by atoms with Gasteiger partial charge in [-0.05, 0) is 51.3 Å². The number of methoxy groups -OCH3 is 1. The van der Waals surface area contributed by atoms with E-state index in [1.54, 1.807) is 0 Å². The number of rotatable bonds is 5. The van der Waals surface area contributed by atoms with Crippen LogP contribution in [-0.2, 0) is 13.1 Å². The molecule has 2 aromatic rings. The van der Waals surface area contributed by atoms with Crippen LogP contribution in [0.4, 0.5) is 0 Å². The van der Waals surface area contributed by atoms with Gasteiger partial charge in [0.2, 0.25) is 0 Å². The summed E-state index contributed by atoms with van der Waals surface area (Å²) < 4.78 is 5.74. The lowest BCUT2D eigenvalue weighted by atomic mass is 10.2. The summed E-state index contributed by atoms with van der Waals surface area (Å²) >= 11 is 9.25. The van der Waals surface area contributed by atoms with Gasteiger partial charge in [-0.1, -0.05) is 23.7 Å². The zero-order valence-electron chi connectivity index (χ0n) is 11.0. The van der Waals surface area contributed by atoms with Crippen LogP contribution >= 0.6 is 27.5 Å². The van der Waals surface area contributed by atoms with Crippen molar-refractivity contribution < 1.29 is 9.84 Å². The van der Waals surface area contributed by atoms with E-state index in [4.69, 9.17) is 16.3 Å². The largest absolute Gasteiger partial charge is 0.503 e. The number of benzene rings is 2. The Labute approximate surface area is 131 Å². The molecule has 3 nitrogen and oxygen atoms in total. The normalized spacial score (nSPS) is 10.6. The summed E-state index contributed by atoms with van der Waals surface area (Å²) in [5, 5.41) is 13.8. The van der Waals surface area contributed by atoms with Crippen LogP contribution in [0, 0.1) is 0 Å². The molecule has 0 bridgehead atoms. The molecule has 0 fully saturated rings. The van der Waals surface area contributed by atoms with Crippen LogP contribution in [0.25, 0.3) is 0 Å². The third kappa shape index (κ3) is 3.88. The Morgan fingerprint density at radius 1 is 1.20 bits per heavy atom. The monoisotopic (exact) mass is 355 g/mol. The predicted molar refractivity (Wildman–Crippen MR) is 84.4 cm³/mol. The Bertz CT molecular complexity index is 604. The van der Waals surface area contributed by atoms with Crippen molar-refractivity contribution in [3.05, 3.63) is 57.0 Å². The maximum absolute atomic E-state index is 9.75. The number of nitrogens with one attached hydrogen (secondary N) is 1. The van der Waals surface area contributed by atoms with Gasteiger partial charge in [0.1, 0.15) is 0 Å². The van der Waals surface area contributed by atoms with Gasteiger partial charge in [0.25, 0.3) is 0 Å². The molecule has 0 aromatic heterocycles. The first-order valence-corrected chi connectivity index (χ1v) is 7.28. The maximum Gasteiger partial charge on any atom is 0.172 e. The second-order valence-electron chi connectivity index (χ2n) is 4.36. The Balaban J connectivity index is 1.99. The first-order valence-electron chi connectivity index (χ1n) is 6.10. The Hall–Kier alpha value is -1.23. The summed E-state index contributed by atoms with van der Waals surface area (Å²) in [5.41, 5.74) is 2.15. The van der Waals surface area contributed by atoms with Crippen LogP contribution in [0.2, 0.25) is 5.02 Å². The van der Waals surface area contributed by atoms with Gasteiger partial charge in [0.05, 0.1) is 11.6 Å². The molecule has 0 radical (unpaired) electrons. The minimum absolute atomic E-state index is 0.117. The second kappa shape index (κ2) is 6.97. The third-order valence-electron chi connectivity index (χ3n) is 2.86.